The van der Waals surface area contributed by atoms with Crippen LogP contribution in [-0.4, -0.2) is 74.9 Å². The average molecular weight is 543 g/mol. The van der Waals surface area contributed by atoms with E-state index in [-0.39, 0.29) is 10.1 Å². The molecule has 1 saturated heterocycles. The van der Waals surface area contributed by atoms with Crippen LogP contribution < -0.4 is 9.64 Å². The Kier molecular flexibility index (Phi) is 7.80. The van der Waals surface area contributed by atoms with E-state index in [9.17, 15) is 13.2 Å². The van der Waals surface area contributed by atoms with E-state index in [1.165, 1.54) is 21.7 Å². The second kappa shape index (κ2) is 10.5. The van der Waals surface area contributed by atoms with Gasteiger partial charge in [0.15, 0.2) is 5.13 Å². The van der Waals surface area contributed by atoms with E-state index in [2.05, 4.69) is 0 Å². The van der Waals surface area contributed by atoms with Crippen LogP contribution in [0.15, 0.2) is 34.5 Å². The number of carbonyl (C=O) groups is 1. The van der Waals surface area contributed by atoms with E-state index in [0.717, 1.165) is 27.3 Å². The highest BCUT2D eigenvalue weighted by Gasteiger charge is 2.42. The summed E-state index contributed by atoms with van der Waals surface area (Å²) in [6, 6.07) is 7.93. The fourth-order valence-corrected chi connectivity index (χ4v) is 8.16. The van der Waals surface area contributed by atoms with Crippen LogP contribution >= 0.6 is 34.3 Å². The fourth-order valence-electron chi connectivity index (χ4n) is 3.87. The lowest BCUT2D eigenvalue weighted by Gasteiger charge is -2.29. The lowest BCUT2D eigenvalue weighted by Crippen LogP contribution is -2.49. The first kappa shape index (κ1) is 25.3. The van der Waals surface area contributed by atoms with Crippen molar-refractivity contribution in [3.05, 3.63) is 34.7 Å². The fraction of sp³-hybridized carbons (Fsp3) is 0.455. The summed E-state index contributed by atoms with van der Waals surface area (Å²) >= 11 is 8.39. The summed E-state index contributed by atoms with van der Waals surface area (Å²) < 4.78 is 35.0. The molecular formula is C22H27ClN4O4S3. The maximum atomic E-state index is 13.8. The number of aromatic nitrogens is 1. The van der Waals surface area contributed by atoms with Crippen LogP contribution in [0.4, 0.5) is 5.13 Å². The summed E-state index contributed by atoms with van der Waals surface area (Å²) in [5.74, 6) is 0.494. The minimum Gasteiger partial charge on any atom is -0.494 e. The van der Waals surface area contributed by atoms with Crippen molar-refractivity contribution in [2.75, 3.05) is 45.2 Å². The third kappa shape index (κ3) is 5.24. The molecule has 1 amide bonds. The summed E-state index contributed by atoms with van der Waals surface area (Å²) in [5, 5.41) is 0.555. The van der Waals surface area contributed by atoms with E-state index < -0.39 is 16.1 Å². The Balaban J connectivity index is 1.66. The molecule has 0 saturated carbocycles. The molecule has 8 nitrogen and oxygen atoms in total. The molecule has 0 spiro atoms. The third-order valence-corrected chi connectivity index (χ3v) is 10.2. The molecule has 2 aromatic heterocycles. The lowest BCUT2D eigenvalue weighted by atomic mass is 10.2. The number of carbonyl (C=O) groups excluding carboxylic acids is 1. The third-order valence-electron chi connectivity index (χ3n) is 5.53. The van der Waals surface area contributed by atoms with E-state index in [1.54, 1.807) is 11.0 Å². The normalized spacial score (nSPS) is 17.0. The number of sulfonamides is 1. The molecule has 1 aliphatic heterocycles. The molecule has 0 N–H and O–H groups in total. The number of amides is 1. The molecule has 0 bridgehead atoms. The first-order valence-electron chi connectivity index (χ1n) is 11.0. The van der Waals surface area contributed by atoms with Crippen molar-refractivity contribution in [3.63, 3.8) is 0 Å². The highest BCUT2D eigenvalue weighted by atomic mass is 35.5. The first-order chi connectivity index (χ1) is 16.2. The standard InChI is InChI=1S/C22H27ClN4O4S3/c1-4-31-15-7-8-16-18(14-15)32-22(24-16)26(13-12-25(2)3)21(28)17-6-5-11-27(17)34(29,30)20-10-9-19(23)33-20/h7-10,14,17H,4-6,11-13H2,1-3H3. The zero-order valence-electron chi connectivity index (χ0n) is 19.2. The molecule has 1 unspecified atom stereocenters. The Hall–Kier alpha value is -1.76. The summed E-state index contributed by atoms with van der Waals surface area (Å²) in [4.78, 5) is 22.1. The van der Waals surface area contributed by atoms with Gasteiger partial charge in [0.2, 0.25) is 5.91 Å². The molecule has 12 heteroatoms. The van der Waals surface area contributed by atoms with E-state index in [4.69, 9.17) is 21.3 Å². The Morgan fingerprint density at radius 2 is 2.03 bits per heavy atom. The van der Waals surface area contributed by atoms with E-state index in [0.29, 0.717) is 48.6 Å². The number of hydrogen-bond donors (Lipinski definition) is 0. The maximum Gasteiger partial charge on any atom is 0.253 e. The van der Waals surface area contributed by atoms with E-state index in [1.807, 2.05) is 44.1 Å². The number of likely N-dealkylation sites (N-methyl/N-ethyl adjacent to an activating group) is 1. The highest BCUT2D eigenvalue weighted by Crippen LogP contribution is 2.35. The number of hydrogen-bond acceptors (Lipinski definition) is 8. The van der Waals surface area contributed by atoms with Gasteiger partial charge >= 0.3 is 0 Å². The number of thiophene rings is 1. The van der Waals surface area contributed by atoms with Crippen LogP contribution in [0.2, 0.25) is 4.34 Å². The smallest absolute Gasteiger partial charge is 0.253 e. The van der Waals surface area contributed by atoms with Gasteiger partial charge in [0, 0.05) is 19.6 Å². The van der Waals surface area contributed by atoms with Crippen LogP contribution in [0.1, 0.15) is 19.8 Å². The molecule has 3 heterocycles. The minimum atomic E-state index is -3.82. The predicted octanol–water partition coefficient (Wildman–Crippen LogP) is 4.16. The molecule has 184 valence electrons. The summed E-state index contributed by atoms with van der Waals surface area (Å²) in [7, 11) is 0.0459. The second-order valence-corrected chi connectivity index (χ2v) is 13.0. The Morgan fingerprint density at radius 1 is 1.24 bits per heavy atom. The minimum absolute atomic E-state index is 0.153. The number of rotatable bonds is 9. The average Bonchev–Trinajstić information content (AvgIpc) is 3.53. The lowest BCUT2D eigenvalue weighted by molar-refractivity contribution is -0.121. The number of nitrogens with zero attached hydrogens (tertiary/aromatic N) is 4. The molecule has 34 heavy (non-hydrogen) atoms. The SMILES string of the molecule is CCOc1ccc2nc(N(CCN(C)C)C(=O)C3CCCN3S(=O)(=O)c3ccc(Cl)s3)sc2c1. The Labute approximate surface area is 212 Å². The molecule has 0 aliphatic carbocycles. The van der Waals surface area contributed by atoms with Crippen molar-refractivity contribution in [3.8, 4) is 5.75 Å². The van der Waals surface area contributed by atoms with Crippen LogP contribution in [0.25, 0.3) is 10.2 Å². The van der Waals surface area contributed by atoms with Crippen LogP contribution in [0.3, 0.4) is 0 Å². The van der Waals surface area contributed by atoms with Crippen LogP contribution in [0, 0.1) is 0 Å². The monoisotopic (exact) mass is 542 g/mol. The molecular weight excluding hydrogens is 516 g/mol. The van der Waals surface area contributed by atoms with Crippen LogP contribution in [-0.2, 0) is 14.8 Å². The number of ether oxygens (including phenoxy) is 1. The number of benzene rings is 1. The zero-order valence-corrected chi connectivity index (χ0v) is 22.4. The van der Waals surface area contributed by atoms with Gasteiger partial charge in [-0.1, -0.05) is 22.9 Å². The van der Waals surface area contributed by atoms with Gasteiger partial charge in [0.25, 0.3) is 10.0 Å². The number of thiazole rings is 1. The molecule has 4 rings (SSSR count). The quantitative estimate of drug-likeness (QED) is 0.404. The molecule has 1 fully saturated rings. The van der Waals surface area contributed by atoms with Crippen molar-refractivity contribution < 1.29 is 17.9 Å². The van der Waals surface area contributed by atoms with Gasteiger partial charge in [0.1, 0.15) is 16.0 Å². The predicted molar refractivity (Wildman–Crippen MR) is 138 cm³/mol. The molecule has 1 aliphatic rings. The van der Waals surface area contributed by atoms with Gasteiger partial charge < -0.3 is 9.64 Å². The van der Waals surface area contributed by atoms with Crippen molar-refractivity contribution in [1.82, 2.24) is 14.2 Å². The van der Waals surface area contributed by atoms with Crippen molar-refractivity contribution in [2.45, 2.75) is 30.0 Å². The second-order valence-electron chi connectivity index (χ2n) is 8.18. The van der Waals surface area contributed by atoms with Gasteiger partial charge in [-0.05, 0) is 64.2 Å². The van der Waals surface area contributed by atoms with Crippen molar-refractivity contribution >= 4 is 65.6 Å². The van der Waals surface area contributed by atoms with Gasteiger partial charge in [-0.25, -0.2) is 13.4 Å². The molecule has 3 aromatic rings. The molecule has 1 atom stereocenters. The summed E-state index contributed by atoms with van der Waals surface area (Å²) in [6.07, 6.45) is 1.09. The van der Waals surface area contributed by atoms with Crippen molar-refractivity contribution in [1.29, 1.82) is 0 Å². The largest absolute Gasteiger partial charge is 0.494 e. The number of halogens is 1. The topological polar surface area (TPSA) is 83.1 Å². The maximum absolute atomic E-state index is 13.8. The Bertz CT molecular complexity index is 1270. The van der Waals surface area contributed by atoms with Crippen LogP contribution in [0.5, 0.6) is 5.75 Å². The van der Waals surface area contributed by atoms with Crippen molar-refractivity contribution in [2.24, 2.45) is 0 Å². The molecule has 1 aromatic carbocycles. The van der Waals surface area contributed by atoms with E-state index >= 15 is 0 Å². The Morgan fingerprint density at radius 3 is 2.71 bits per heavy atom. The summed E-state index contributed by atoms with van der Waals surface area (Å²) in [6.45, 7) is 3.81. The van der Waals surface area contributed by atoms with Gasteiger partial charge in [-0.3, -0.25) is 9.69 Å². The first-order valence-corrected chi connectivity index (χ1v) is 14.4. The van der Waals surface area contributed by atoms with Gasteiger partial charge in [-0.15, -0.1) is 11.3 Å². The van der Waals surface area contributed by atoms with Gasteiger partial charge in [-0.2, -0.15) is 4.31 Å². The van der Waals surface area contributed by atoms with Gasteiger partial charge in [0.05, 0.1) is 21.2 Å². The molecule has 0 radical (unpaired) electrons. The number of fused-ring (bicyclic) bond motifs is 1. The summed E-state index contributed by atoms with van der Waals surface area (Å²) in [5.41, 5.74) is 0.773. The highest BCUT2D eigenvalue weighted by molar-refractivity contribution is 7.91. The zero-order chi connectivity index (χ0) is 24.5. The number of anilines is 1.